The summed E-state index contributed by atoms with van der Waals surface area (Å²) >= 11 is 3.37. The number of hydrogen-bond donors (Lipinski definition) is 0. The molecule has 3 heterocycles. The molecule has 0 spiro atoms. The SMILES string of the molecule is O=[N+]([O-])c1cnn(CCc2nnc(-c3ccc(COc4ccc(Br)cc4)o3)o2)c1. The van der Waals surface area contributed by atoms with Gasteiger partial charge in [-0.05, 0) is 36.4 Å². The van der Waals surface area contributed by atoms with Gasteiger partial charge in [-0.2, -0.15) is 5.10 Å². The first kappa shape index (κ1) is 18.9. The zero-order valence-electron chi connectivity index (χ0n) is 14.9. The molecule has 0 aliphatic carbocycles. The van der Waals surface area contributed by atoms with Crippen LogP contribution in [0, 0.1) is 10.1 Å². The van der Waals surface area contributed by atoms with Crippen molar-refractivity contribution in [2.24, 2.45) is 0 Å². The third-order valence-electron chi connectivity index (χ3n) is 3.92. The largest absolute Gasteiger partial charge is 0.486 e. The number of halogens is 1. The average Bonchev–Trinajstić information content (AvgIpc) is 3.45. The van der Waals surface area contributed by atoms with Gasteiger partial charge in [0, 0.05) is 17.4 Å². The van der Waals surface area contributed by atoms with Crippen LogP contribution >= 0.6 is 15.9 Å². The van der Waals surface area contributed by atoms with Crippen LogP contribution in [0.1, 0.15) is 11.7 Å². The van der Waals surface area contributed by atoms with E-state index in [0.29, 0.717) is 30.4 Å². The molecule has 0 radical (unpaired) electrons. The van der Waals surface area contributed by atoms with E-state index in [2.05, 4.69) is 31.2 Å². The minimum Gasteiger partial charge on any atom is -0.486 e. The van der Waals surface area contributed by atoms with Gasteiger partial charge in [-0.1, -0.05) is 15.9 Å². The number of nitrogens with zero attached hydrogens (tertiary/aromatic N) is 5. The highest BCUT2D eigenvalue weighted by Gasteiger charge is 2.14. The molecule has 1 aromatic carbocycles. The van der Waals surface area contributed by atoms with Gasteiger partial charge in [-0.25, -0.2) is 0 Å². The van der Waals surface area contributed by atoms with Crippen LogP contribution in [0.15, 0.2) is 62.1 Å². The maximum absolute atomic E-state index is 10.7. The maximum atomic E-state index is 10.7. The van der Waals surface area contributed by atoms with Crippen LogP contribution in [0.5, 0.6) is 5.75 Å². The van der Waals surface area contributed by atoms with E-state index in [1.807, 2.05) is 24.3 Å². The Morgan fingerprint density at radius 1 is 1.14 bits per heavy atom. The Labute approximate surface area is 172 Å². The van der Waals surface area contributed by atoms with E-state index < -0.39 is 4.92 Å². The first-order chi connectivity index (χ1) is 14.1. The zero-order chi connectivity index (χ0) is 20.2. The van der Waals surface area contributed by atoms with Crippen LogP contribution in [0.3, 0.4) is 0 Å². The van der Waals surface area contributed by atoms with Gasteiger partial charge in [0.1, 0.15) is 30.5 Å². The van der Waals surface area contributed by atoms with Crippen LogP contribution in [0.4, 0.5) is 5.69 Å². The highest BCUT2D eigenvalue weighted by molar-refractivity contribution is 9.10. The lowest BCUT2D eigenvalue weighted by atomic mass is 10.3. The predicted octanol–water partition coefficient (Wildman–Crippen LogP) is 4.02. The minimum absolute atomic E-state index is 0.0651. The number of aromatic nitrogens is 4. The molecule has 11 heteroatoms. The van der Waals surface area contributed by atoms with Crippen molar-refractivity contribution in [2.45, 2.75) is 19.6 Å². The Morgan fingerprint density at radius 2 is 1.97 bits per heavy atom. The number of nitro groups is 1. The second kappa shape index (κ2) is 8.27. The van der Waals surface area contributed by atoms with Crippen molar-refractivity contribution in [1.29, 1.82) is 0 Å². The van der Waals surface area contributed by atoms with E-state index in [0.717, 1.165) is 10.2 Å². The summed E-state index contributed by atoms with van der Waals surface area (Å²) in [5.74, 6) is 2.41. The molecule has 0 saturated heterocycles. The molecule has 4 aromatic rings. The molecule has 29 heavy (non-hydrogen) atoms. The van der Waals surface area contributed by atoms with Crippen molar-refractivity contribution in [3.63, 3.8) is 0 Å². The fourth-order valence-corrected chi connectivity index (χ4v) is 2.75. The van der Waals surface area contributed by atoms with Crippen molar-refractivity contribution < 1.29 is 18.5 Å². The molecule has 0 aliphatic rings. The van der Waals surface area contributed by atoms with E-state index in [1.165, 1.54) is 17.1 Å². The summed E-state index contributed by atoms with van der Waals surface area (Å²) in [5.41, 5.74) is -0.0651. The summed E-state index contributed by atoms with van der Waals surface area (Å²) < 4.78 is 19.4. The van der Waals surface area contributed by atoms with Gasteiger partial charge in [0.2, 0.25) is 5.89 Å². The van der Waals surface area contributed by atoms with Gasteiger partial charge < -0.3 is 13.6 Å². The summed E-state index contributed by atoms with van der Waals surface area (Å²) in [6.45, 7) is 0.639. The van der Waals surface area contributed by atoms with Gasteiger partial charge in [0.05, 0.1) is 4.92 Å². The van der Waals surface area contributed by atoms with Crippen molar-refractivity contribution in [3.8, 4) is 17.4 Å². The lowest BCUT2D eigenvalue weighted by molar-refractivity contribution is -0.385. The third kappa shape index (κ3) is 4.69. The molecule has 0 fully saturated rings. The molecular weight excluding hydrogens is 446 g/mol. The smallest absolute Gasteiger partial charge is 0.306 e. The van der Waals surface area contributed by atoms with Crippen molar-refractivity contribution in [1.82, 2.24) is 20.0 Å². The molecular formula is C18H14BrN5O5. The van der Waals surface area contributed by atoms with Crippen LogP contribution in [-0.2, 0) is 19.6 Å². The molecule has 0 atom stereocenters. The molecule has 0 N–H and O–H groups in total. The van der Waals surface area contributed by atoms with Crippen molar-refractivity contribution >= 4 is 21.6 Å². The molecule has 4 rings (SSSR count). The number of rotatable bonds is 8. The fourth-order valence-electron chi connectivity index (χ4n) is 2.49. The normalized spacial score (nSPS) is 10.9. The van der Waals surface area contributed by atoms with Crippen LogP contribution in [0.25, 0.3) is 11.7 Å². The minimum atomic E-state index is -0.497. The topological polar surface area (TPSA) is 122 Å². The molecule has 3 aromatic heterocycles. The Balaban J connectivity index is 1.34. The molecule has 0 amide bonds. The van der Waals surface area contributed by atoms with Crippen molar-refractivity contribution in [2.75, 3.05) is 0 Å². The molecule has 0 aliphatic heterocycles. The summed E-state index contributed by atoms with van der Waals surface area (Å²) in [5, 5.41) is 22.6. The summed E-state index contributed by atoms with van der Waals surface area (Å²) in [6, 6.07) is 11.0. The van der Waals surface area contributed by atoms with E-state index in [9.17, 15) is 10.1 Å². The molecule has 148 valence electrons. The standard InChI is InChI=1S/C18H14BrN5O5/c19-12-1-3-14(4-2-12)27-11-15-5-6-16(28-15)18-22-21-17(29-18)7-8-23-10-13(9-20-23)24(25)26/h1-6,9-10H,7-8,11H2. The average molecular weight is 460 g/mol. The Kier molecular flexibility index (Phi) is 5.38. The van der Waals surface area contributed by atoms with Gasteiger partial charge in [0.15, 0.2) is 5.76 Å². The summed E-state index contributed by atoms with van der Waals surface area (Å²) in [7, 11) is 0. The van der Waals surface area contributed by atoms with Crippen molar-refractivity contribution in [3.05, 3.63) is 75.0 Å². The Hall–Kier alpha value is -3.47. The molecule has 0 unspecified atom stereocenters. The highest BCUT2D eigenvalue weighted by Crippen LogP contribution is 2.23. The van der Waals surface area contributed by atoms with Gasteiger partial charge >= 0.3 is 5.69 Å². The lowest BCUT2D eigenvalue weighted by Gasteiger charge is -2.03. The number of hydrogen-bond acceptors (Lipinski definition) is 8. The van der Waals surface area contributed by atoms with E-state index in [-0.39, 0.29) is 18.2 Å². The Bertz CT molecular complexity index is 1120. The predicted molar refractivity (Wildman–Crippen MR) is 103 cm³/mol. The van der Waals surface area contributed by atoms with Gasteiger partial charge in [-0.15, -0.1) is 10.2 Å². The first-order valence-corrected chi connectivity index (χ1v) is 9.33. The second-order valence-corrected chi connectivity index (χ2v) is 6.89. The number of benzene rings is 1. The number of furan rings is 1. The monoisotopic (exact) mass is 459 g/mol. The van der Waals surface area contributed by atoms with Crippen LogP contribution < -0.4 is 4.74 Å². The zero-order valence-corrected chi connectivity index (χ0v) is 16.5. The van der Waals surface area contributed by atoms with E-state index in [1.54, 1.807) is 12.1 Å². The third-order valence-corrected chi connectivity index (χ3v) is 4.45. The quantitative estimate of drug-likeness (QED) is 0.286. The second-order valence-electron chi connectivity index (χ2n) is 5.98. The fraction of sp³-hybridized carbons (Fsp3) is 0.167. The maximum Gasteiger partial charge on any atom is 0.306 e. The number of aryl methyl sites for hydroxylation is 2. The van der Waals surface area contributed by atoms with Crippen LogP contribution in [-0.4, -0.2) is 24.9 Å². The van der Waals surface area contributed by atoms with Gasteiger partial charge in [-0.3, -0.25) is 14.8 Å². The first-order valence-electron chi connectivity index (χ1n) is 8.53. The highest BCUT2D eigenvalue weighted by atomic mass is 79.9. The van der Waals surface area contributed by atoms with Gasteiger partial charge in [0.25, 0.3) is 5.89 Å². The van der Waals surface area contributed by atoms with Crippen LogP contribution in [0.2, 0.25) is 0 Å². The molecule has 10 nitrogen and oxygen atoms in total. The summed E-state index contributed by atoms with van der Waals surface area (Å²) in [4.78, 5) is 10.2. The van der Waals surface area contributed by atoms with E-state index in [4.69, 9.17) is 13.6 Å². The van der Waals surface area contributed by atoms with E-state index >= 15 is 0 Å². The number of ether oxygens (including phenoxy) is 1. The lowest BCUT2D eigenvalue weighted by Crippen LogP contribution is -2.01. The molecule has 0 bridgehead atoms. The molecule has 0 saturated carbocycles. The summed E-state index contributed by atoms with van der Waals surface area (Å²) in [6.07, 6.45) is 2.92. The Morgan fingerprint density at radius 3 is 2.72 bits per heavy atom.